The lowest BCUT2D eigenvalue weighted by molar-refractivity contribution is 0.0751. The molecule has 1 amide bonds. The Morgan fingerprint density at radius 3 is 2.35 bits per heavy atom. The van der Waals surface area contributed by atoms with Crippen LogP contribution < -0.4 is 10.3 Å². The van der Waals surface area contributed by atoms with Crippen LogP contribution in [0, 0.1) is 13.8 Å². The Morgan fingerprint density at radius 1 is 0.953 bits per heavy atom. The maximum atomic E-state index is 14.0. The van der Waals surface area contributed by atoms with Gasteiger partial charge in [0.15, 0.2) is 0 Å². The van der Waals surface area contributed by atoms with Gasteiger partial charge in [-0.15, -0.1) is 0 Å². The molecule has 220 valence electrons. The third-order valence-corrected chi connectivity index (χ3v) is 8.96. The predicted octanol–water partition coefficient (Wildman–Crippen LogP) is 5.50. The van der Waals surface area contributed by atoms with Crippen molar-refractivity contribution in [2.24, 2.45) is 7.05 Å². The summed E-state index contributed by atoms with van der Waals surface area (Å²) in [6.45, 7) is 3.39. The average molecular weight is 616 g/mol. The minimum Gasteiger partial charge on any atom is -0.329 e. The Balaban J connectivity index is 1.51. The molecule has 0 bridgehead atoms. The fraction of sp³-hybridized carbons (Fsp3) is 0.156. The van der Waals surface area contributed by atoms with Crippen LogP contribution in [0.25, 0.3) is 5.69 Å². The molecule has 0 saturated heterocycles. The monoisotopic (exact) mass is 615 g/mol. The third kappa shape index (κ3) is 5.84. The van der Waals surface area contributed by atoms with Crippen molar-refractivity contribution in [3.05, 3.63) is 141 Å². The summed E-state index contributed by atoms with van der Waals surface area (Å²) in [4.78, 5) is 33.2. The number of amides is 1. The van der Waals surface area contributed by atoms with E-state index in [1.807, 2.05) is 24.3 Å². The standard InChI is InChI=1S/C32H30ClN5O4S/c1-21-16-17-26(43(41,42)35-29-22(2)37(4)38(32(29)40)25-13-6-5-7-14-25)20-27(21)31(39)36(3)30(28-15-8-9-18-34-28)23-11-10-12-24(33)19-23/h5-20,30,35H,1-4H3. The van der Waals surface area contributed by atoms with E-state index in [0.717, 1.165) is 5.56 Å². The number of sulfonamides is 1. The molecule has 2 aromatic heterocycles. The van der Waals surface area contributed by atoms with Crippen molar-refractivity contribution in [2.75, 3.05) is 11.8 Å². The number of halogens is 1. The lowest BCUT2D eigenvalue weighted by Gasteiger charge is -2.29. The Hall–Kier alpha value is -4.67. The zero-order valence-corrected chi connectivity index (χ0v) is 25.6. The lowest BCUT2D eigenvalue weighted by Crippen LogP contribution is -2.33. The highest BCUT2D eigenvalue weighted by atomic mass is 35.5. The highest BCUT2D eigenvalue weighted by Crippen LogP contribution is 2.30. The number of anilines is 1. The highest BCUT2D eigenvalue weighted by molar-refractivity contribution is 7.92. The largest absolute Gasteiger partial charge is 0.329 e. The van der Waals surface area contributed by atoms with Crippen LogP contribution in [0.1, 0.15) is 38.9 Å². The van der Waals surface area contributed by atoms with E-state index in [-0.39, 0.29) is 16.1 Å². The number of carbonyl (C=O) groups is 1. The first-order chi connectivity index (χ1) is 20.5. The molecule has 1 unspecified atom stereocenters. The van der Waals surface area contributed by atoms with Gasteiger partial charge in [-0.2, -0.15) is 0 Å². The summed E-state index contributed by atoms with van der Waals surface area (Å²) in [6, 6.07) is 25.3. The molecule has 0 aliphatic heterocycles. The minimum atomic E-state index is -4.25. The second-order valence-electron chi connectivity index (χ2n) is 10.1. The predicted molar refractivity (Wildman–Crippen MR) is 167 cm³/mol. The molecule has 2 heterocycles. The number of nitrogens with zero attached hydrogens (tertiary/aromatic N) is 4. The quantitative estimate of drug-likeness (QED) is 0.248. The molecule has 9 nitrogen and oxygen atoms in total. The average Bonchev–Trinajstić information content (AvgIpc) is 3.20. The van der Waals surface area contributed by atoms with E-state index in [0.29, 0.717) is 27.7 Å². The summed E-state index contributed by atoms with van der Waals surface area (Å²) in [6.07, 6.45) is 1.65. The third-order valence-electron chi connectivity index (χ3n) is 7.38. The van der Waals surface area contributed by atoms with Gasteiger partial charge in [-0.3, -0.25) is 24.0 Å². The van der Waals surface area contributed by atoms with Crippen LogP contribution in [0.5, 0.6) is 0 Å². The van der Waals surface area contributed by atoms with Crippen molar-refractivity contribution < 1.29 is 13.2 Å². The molecule has 1 N–H and O–H groups in total. The number of nitrogens with one attached hydrogen (secondary N) is 1. The van der Waals surface area contributed by atoms with E-state index >= 15 is 0 Å². The Labute approximate surface area is 255 Å². The molecular weight excluding hydrogens is 586 g/mol. The molecule has 1 atom stereocenters. The van der Waals surface area contributed by atoms with Crippen LogP contribution in [0.3, 0.4) is 0 Å². The first kappa shape index (κ1) is 29.8. The van der Waals surface area contributed by atoms with E-state index in [4.69, 9.17) is 11.6 Å². The molecule has 5 rings (SSSR count). The van der Waals surface area contributed by atoms with Gasteiger partial charge in [0.1, 0.15) is 5.69 Å². The molecule has 0 aliphatic carbocycles. The topological polar surface area (TPSA) is 106 Å². The minimum absolute atomic E-state index is 0.0758. The van der Waals surface area contributed by atoms with Crippen molar-refractivity contribution in [3.63, 3.8) is 0 Å². The first-order valence-electron chi connectivity index (χ1n) is 13.4. The van der Waals surface area contributed by atoms with Gasteiger partial charge in [0.25, 0.3) is 21.5 Å². The van der Waals surface area contributed by atoms with Crippen LogP contribution in [0.4, 0.5) is 5.69 Å². The fourth-order valence-corrected chi connectivity index (χ4v) is 6.33. The zero-order chi connectivity index (χ0) is 30.9. The number of carbonyl (C=O) groups excluding carboxylic acids is 1. The van der Waals surface area contributed by atoms with Crippen LogP contribution in [-0.4, -0.2) is 40.6 Å². The van der Waals surface area contributed by atoms with E-state index in [2.05, 4.69) is 9.71 Å². The van der Waals surface area contributed by atoms with E-state index in [9.17, 15) is 18.0 Å². The summed E-state index contributed by atoms with van der Waals surface area (Å²) < 4.78 is 32.7. The molecule has 5 aromatic rings. The molecule has 0 aliphatic rings. The Kier molecular flexibility index (Phi) is 8.25. The summed E-state index contributed by atoms with van der Waals surface area (Å²) in [7, 11) is -0.932. The molecule has 0 radical (unpaired) electrons. The fourth-order valence-electron chi connectivity index (χ4n) is 4.99. The zero-order valence-electron chi connectivity index (χ0n) is 24.0. The second kappa shape index (κ2) is 11.9. The van der Waals surface area contributed by atoms with Gasteiger partial charge >= 0.3 is 0 Å². The molecule has 3 aromatic carbocycles. The number of aromatic nitrogens is 3. The second-order valence-corrected chi connectivity index (χ2v) is 12.3. The number of aryl methyl sites for hydroxylation is 1. The van der Waals surface area contributed by atoms with Crippen molar-refractivity contribution >= 4 is 33.2 Å². The normalized spacial score (nSPS) is 12.1. The maximum absolute atomic E-state index is 14.0. The smallest absolute Gasteiger partial charge is 0.296 e. The van der Waals surface area contributed by atoms with Crippen LogP contribution in [0.15, 0.2) is 107 Å². The molecule has 0 saturated carbocycles. The maximum Gasteiger partial charge on any atom is 0.296 e. The van der Waals surface area contributed by atoms with Crippen molar-refractivity contribution in [2.45, 2.75) is 24.8 Å². The molecule has 11 heteroatoms. The first-order valence-corrected chi connectivity index (χ1v) is 15.3. The number of pyridine rings is 1. The Bertz CT molecular complexity index is 1970. The summed E-state index contributed by atoms with van der Waals surface area (Å²) in [5.41, 5.74) is 2.59. The van der Waals surface area contributed by atoms with Crippen molar-refractivity contribution in [3.8, 4) is 5.69 Å². The van der Waals surface area contributed by atoms with E-state index < -0.39 is 27.5 Å². The SMILES string of the molecule is Cc1ccc(S(=O)(=O)Nc2c(C)n(C)n(-c3ccccc3)c2=O)cc1C(=O)N(C)C(c1cccc(Cl)c1)c1ccccn1. The molecule has 0 spiro atoms. The summed E-state index contributed by atoms with van der Waals surface area (Å²) in [5.74, 6) is -0.410. The van der Waals surface area contributed by atoms with Gasteiger partial charge in [0.05, 0.1) is 28.0 Å². The summed E-state index contributed by atoms with van der Waals surface area (Å²) in [5, 5.41) is 0.511. The highest BCUT2D eigenvalue weighted by Gasteiger charge is 2.29. The van der Waals surface area contributed by atoms with Gasteiger partial charge in [-0.25, -0.2) is 13.1 Å². The number of hydrogen-bond donors (Lipinski definition) is 1. The number of hydrogen-bond acceptors (Lipinski definition) is 5. The summed E-state index contributed by atoms with van der Waals surface area (Å²) >= 11 is 6.29. The van der Waals surface area contributed by atoms with Gasteiger partial charge < -0.3 is 4.90 Å². The van der Waals surface area contributed by atoms with Gasteiger partial charge in [0.2, 0.25) is 0 Å². The number of benzene rings is 3. The van der Waals surface area contributed by atoms with Crippen molar-refractivity contribution in [1.82, 2.24) is 19.2 Å². The van der Waals surface area contributed by atoms with Crippen LogP contribution in [-0.2, 0) is 17.1 Å². The van der Waals surface area contributed by atoms with E-state index in [1.54, 1.807) is 93.4 Å². The van der Waals surface area contributed by atoms with Gasteiger partial charge in [-0.05, 0) is 73.5 Å². The lowest BCUT2D eigenvalue weighted by atomic mass is 9.99. The van der Waals surface area contributed by atoms with Gasteiger partial charge in [0, 0.05) is 30.9 Å². The van der Waals surface area contributed by atoms with Crippen LogP contribution >= 0.6 is 11.6 Å². The van der Waals surface area contributed by atoms with Gasteiger partial charge in [-0.1, -0.05) is 54.1 Å². The van der Waals surface area contributed by atoms with Crippen LogP contribution in [0.2, 0.25) is 5.02 Å². The molecule has 0 fully saturated rings. The molecular formula is C32H30ClN5O4S. The number of rotatable bonds is 8. The van der Waals surface area contributed by atoms with E-state index in [1.165, 1.54) is 21.7 Å². The van der Waals surface area contributed by atoms with Crippen molar-refractivity contribution in [1.29, 1.82) is 0 Å². The Morgan fingerprint density at radius 2 is 1.67 bits per heavy atom. The number of para-hydroxylation sites is 1. The molecule has 43 heavy (non-hydrogen) atoms.